The number of hydrogen-bond donors (Lipinski definition) is 1. The highest BCUT2D eigenvalue weighted by atomic mass is 32.2. The highest BCUT2D eigenvalue weighted by Gasteiger charge is 2.22. The Hall–Kier alpha value is -2.21. The average Bonchev–Trinajstić information content (AvgIpc) is 2.45. The third-order valence-electron chi connectivity index (χ3n) is 3.87. The Balaban J connectivity index is 2.58. The second-order valence-electron chi connectivity index (χ2n) is 7.15. The van der Waals surface area contributed by atoms with Gasteiger partial charge in [0.05, 0.1) is 6.26 Å². The first-order chi connectivity index (χ1) is 11.4. The minimum atomic E-state index is -3.67. The number of carbonyl (C=O) groups excluding carboxylic acids is 1. The van der Waals surface area contributed by atoms with Crippen LogP contribution < -0.4 is 4.72 Å². The molecule has 0 radical (unpaired) electrons. The number of aryl methyl sites for hydroxylation is 1. The van der Waals surface area contributed by atoms with E-state index in [-0.39, 0.29) is 16.8 Å². The van der Waals surface area contributed by atoms with E-state index in [2.05, 4.69) is 0 Å². The summed E-state index contributed by atoms with van der Waals surface area (Å²) in [6.07, 6.45) is 0.909. The molecule has 2 aromatic rings. The van der Waals surface area contributed by atoms with E-state index in [4.69, 9.17) is 0 Å². The van der Waals surface area contributed by atoms with Crippen LogP contribution in [0.15, 0.2) is 36.4 Å². The highest BCUT2D eigenvalue weighted by Crippen LogP contribution is 2.33. The molecular formula is C19H22FNO3S. The maximum Gasteiger partial charge on any atom is 0.264 e. The van der Waals surface area contributed by atoms with Crippen molar-refractivity contribution in [3.63, 3.8) is 0 Å². The van der Waals surface area contributed by atoms with E-state index >= 15 is 4.39 Å². The number of rotatable bonds is 3. The average molecular weight is 363 g/mol. The van der Waals surface area contributed by atoms with Crippen LogP contribution in [-0.4, -0.2) is 20.6 Å². The fraction of sp³-hybridized carbons (Fsp3) is 0.316. The van der Waals surface area contributed by atoms with E-state index < -0.39 is 15.9 Å². The lowest BCUT2D eigenvalue weighted by atomic mass is 9.84. The molecule has 1 N–H and O–H groups in total. The molecule has 0 aliphatic rings. The van der Waals surface area contributed by atoms with Gasteiger partial charge < -0.3 is 0 Å². The molecule has 0 aromatic heterocycles. The number of carbonyl (C=O) groups is 1. The molecule has 0 bridgehead atoms. The van der Waals surface area contributed by atoms with Crippen LogP contribution in [0.1, 0.15) is 42.3 Å². The summed E-state index contributed by atoms with van der Waals surface area (Å²) in [5.41, 5.74) is 2.12. The van der Waals surface area contributed by atoms with Crippen LogP contribution in [0.4, 0.5) is 4.39 Å². The predicted octanol–water partition coefficient (Wildman–Crippen LogP) is 3.79. The first kappa shape index (κ1) is 19.1. The van der Waals surface area contributed by atoms with Crippen molar-refractivity contribution in [3.8, 4) is 11.1 Å². The molecular weight excluding hydrogens is 341 g/mol. The van der Waals surface area contributed by atoms with Gasteiger partial charge in [0.25, 0.3) is 5.91 Å². The molecule has 0 spiro atoms. The number of halogens is 1. The van der Waals surface area contributed by atoms with Gasteiger partial charge in [0.15, 0.2) is 0 Å². The summed E-state index contributed by atoms with van der Waals surface area (Å²) >= 11 is 0. The molecule has 1 amide bonds. The molecule has 4 nitrogen and oxygen atoms in total. The van der Waals surface area contributed by atoms with Crippen molar-refractivity contribution < 1.29 is 17.6 Å². The Kier molecular flexibility index (Phi) is 5.04. The summed E-state index contributed by atoms with van der Waals surface area (Å²) < 4.78 is 39.5. The van der Waals surface area contributed by atoms with Crippen molar-refractivity contribution in [2.45, 2.75) is 33.1 Å². The van der Waals surface area contributed by atoms with Gasteiger partial charge in [-0.3, -0.25) is 4.79 Å². The molecule has 134 valence electrons. The molecule has 0 atom stereocenters. The summed E-state index contributed by atoms with van der Waals surface area (Å²) in [7, 11) is -3.67. The number of hydrogen-bond acceptors (Lipinski definition) is 3. The maximum absolute atomic E-state index is 15.0. The largest absolute Gasteiger partial charge is 0.268 e. The third kappa shape index (κ3) is 4.45. The first-order valence-corrected chi connectivity index (χ1v) is 9.71. The first-order valence-electron chi connectivity index (χ1n) is 7.82. The van der Waals surface area contributed by atoms with Gasteiger partial charge in [0.1, 0.15) is 5.82 Å². The number of nitrogens with one attached hydrogen (secondary N) is 1. The predicted molar refractivity (Wildman–Crippen MR) is 97.6 cm³/mol. The van der Waals surface area contributed by atoms with Gasteiger partial charge in [0, 0.05) is 11.1 Å². The molecule has 0 heterocycles. The molecule has 2 aromatic carbocycles. The standard InChI is InChI=1S/C19H22FNO3S/c1-12-9-10-13(18(22)21-25(5,23)24)11-15(12)14-7-6-8-16(17(14)20)19(2,3)4/h6-11H,1-5H3,(H,21,22). The van der Waals surface area contributed by atoms with Crippen LogP contribution in [-0.2, 0) is 15.4 Å². The van der Waals surface area contributed by atoms with Crippen LogP contribution in [0.3, 0.4) is 0 Å². The summed E-state index contributed by atoms with van der Waals surface area (Å²) in [6, 6.07) is 9.89. The molecule has 6 heteroatoms. The lowest BCUT2D eigenvalue weighted by Gasteiger charge is -2.21. The van der Waals surface area contributed by atoms with Gasteiger partial charge in [0.2, 0.25) is 10.0 Å². The number of benzene rings is 2. The molecule has 0 saturated heterocycles. The van der Waals surface area contributed by atoms with E-state index in [0.29, 0.717) is 16.7 Å². The Labute approximate surface area is 148 Å². The molecule has 0 aliphatic carbocycles. The summed E-state index contributed by atoms with van der Waals surface area (Å²) in [5.74, 6) is -1.07. The van der Waals surface area contributed by atoms with Crippen molar-refractivity contribution in [1.82, 2.24) is 4.72 Å². The molecule has 0 aliphatic heterocycles. The maximum atomic E-state index is 15.0. The van der Waals surface area contributed by atoms with Crippen molar-refractivity contribution in [3.05, 3.63) is 58.9 Å². The van der Waals surface area contributed by atoms with Crippen LogP contribution in [0.25, 0.3) is 11.1 Å². The second-order valence-corrected chi connectivity index (χ2v) is 8.90. The number of amides is 1. The van der Waals surface area contributed by atoms with Crippen molar-refractivity contribution in [1.29, 1.82) is 0 Å². The van der Waals surface area contributed by atoms with Crippen molar-refractivity contribution in [2.75, 3.05) is 6.26 Å². The zero-order chi connectivity index (χ0) is 19.0. The van der Waals surface area contributed by atoms with Gasteiger partial charge in [-0.1, -0.05) is 45.0 Å². The third-order valence-corrected chi connectivity index (χ3v) is 4.43. The molecule has 25 heavy (non-hydrogen) atoms. The second kappa shape index (κ2) is 6.59. The monoisotopic (exact) mass is 363 g/mol. The van der Waals surface area contributed by atoms with Gasteiger partial charge >= 0.3 is 0 Å². The highest BCUT2D eigenvalue weighted by molar-refractivity contribution is 7.89. The summed E-state index contributed by atoms with van der Waals surface area (Å²) in [4.78, 5) is 12.1. The van der Waals surface area contributed by atoms with Gasteiger partial charge in [-0.05, 0) is 41.2 Å². The SMILES string of the molecule is Cc1ccc(C(=O)NS(C)(=O)=O)cc1-c1cccc(C(C)(C)C)c1F. The minimum absolute atomic E-state index is 0.159. The van der Waals surface area contributed by atoms with Gasteiger partial charge in [-0.2, -0.15) is 0 Å². The van der Waals surface area contributed by atoms with E-state index in [1.54, 1.807) is 24.3 Å². The van der Waals surface area contributed by atoms with Crippen LogP contribution in [0.2, 0.25) is 0 Å². The Morgan fingerprint density at radius 1 is 1.08 bits per heavy atom. The Morgan fingerprint density at radius 2 is 1.72 bits per heavy atom. The van der Waals surface area contributed by atoms with Gasteiger partial charge in [-0.25, -0.2) is 17.5 Å². The van der Waals surface area contributed by atoms with E-state index in [1.807, 2.05) is 32.4 Å². The van der Waals surface area contributed by atoms with Crippen LogP contribution in [0, 0.1) is 12.7 Å². The van der Waals surface area contributed by atoms with E-state index in [1.165, 1.54) is 12.1 Å². The van der Waals surface area contributed by atoms with Crippen LogP contribution >= 0.6 is 0 Å². The summed E-state index contributed by atoms with van der Waals surface area (Å²) in [6.45, 7) is 7.60. The lowest BCUT2D eigenvalue weighted by molar-refractivity contribution is 0.0981. The normalized spacial score (nSPS) is 12.1. The zero-order valence-electron chi connectivity index (χ0n) is 15.0. The van der Waals surface area contributed by atoms with E-state index in [9.17, 15) is 13.2 Å². The molecule has 0 unspecified atom stereocenters. The quantitative estimate of drug-likeness (QED) is 0.902. The van der Waals surface area contributed by atoms with Crippen molar-refractivity contribution in [2.24, 2.45) is 0 Å². The Bertz CT molecular complexity index is 928. The summed E-state index contributed by atoms with van der Waals surface area (Å²) in [5, 5.41) is 0. The van der Waals surface area contributed by atoms with Crippen LogP contribution in [0.5, 0.6) is 0 Å². The molecule has 0 saturated carbocycles. The minimum Gasteiger partial charge on any atom is -0.268 e. The van der Waals surface area contributed by atoms with E-state index in [0.717, 1.165) is 11.8 Å². The topological polar surface area (TPSA) is 63.2 Å². The number of sulfonamides is 1. The smallest absolute Gasteiger partial charge is 0.264 e. The fourth-order valence-corrected chi connectivity index (χ4v) is 3.05. The fourth-order valence-electron chi connectivity index (χ4n) is 2.60. The molecule has 2 rings (SSSR count). The van der Waals surface area contributed by atoms with Crippen molar-refractivity contribution >= 4 is 15.9 Å². The Morgan fingerprint density at radius 3 is 2.28 bits per heavy atom. The van der Waals surface area contributed by atoms with Gasteiger partial charge in [-0.15, -0.1) is 0 Å². The lowest BCUT2D eigenvalue weighted by Crippen LogP contribution is -2.29. The molecule has 0 fully saturated rings. The zero-order valence-corrected chi connectivity index (χ0v) is 15.8.